The predicted molar refractivity (Wildman–Crippen MR) is 139 cm³/mol. The summed E-state index contributed by atoms with van der Waals surface area (Å²) in [7, 11) is 1.50. The van der Waals surface area contributed by atoms with Crippen LogP contribution >= 0.6 is 22.9 Å². The normalized spacial score (nSPS) is 11.8. The zero-order chi connectivity index (χ0) is 25.3. The van der Waals surface area contributed by atoms with E-state index in [4.69, 9.17) is 16.3 Å². The highest BCUT2D eigenvalue weighted by Gasteiger charge is 2.23. The van der Waals surface area contributed by atoms with Crippen molar-refractivity contribution in [2.24, 2.45) is 0 Å². The number of carbonyl (C=O) groups excluding carboxylic acids is 2. The van der Waals surface area contributed by atoms with Crippen LogP contribution in [0.3, 0.4) is 0 Å². The van der Waals surface area contributed by atoms with Crippen LogP contribution in [0.25, 0.3) is 10.2 Å². The van der Waals surface area contributed by atoms with Gasteiger partial charge in [-0.05, 0) is 56.2 Å². The zero-order valence-corrected chi connectivity index (χ0v) is 21.1. The van der Waals surface area contributed by atoms with Gasteiger partial charge in [-0.15, -0.1) is 11.3 Å². The molecule has 0 aliphatic rings. The smallest absolute Gasteiger partial charge is 0.266 e. The molecule has 35 heavy (non-hydrogen) atoms. The lowest BCUT2D eigenvalue weighted by molar-refractivity contribution is -0.118. The van der Waals surface area contributed by atoms with E-state index in [1.165, 1.54) is 18.0 Å². The molecule has 2 heterocycles. The van der Waals surface area contributed by atoms with Gasteiger partial charge in [-0.2, -0.15) is 0 Å². The molecule has 0 saturated heterocycles. The zero-order valence-electron chi connectivity index (χ0n) is 19.5. The third kappa shape index (κ3) is 4.78. The number of nitrogens with one attached hydrogen (secondary N) is 2. The van der Waals surface area contributed by atoms with Crippen molar-refractivity contribution in [2.75, 3.05) is 17.7 Å². The number of carbonyl (C=O) groups is 2. The van der Waals surface area contributed by atoms with Crippen molar-refractivity contribution in [3.63, 3.8) is 0 Å². The van der Waals surface area contributed by atoms with Crippen LogP contribution in [0.5, 0.6) is 5.75 Å². The first kappa shape index (κ1) is 24.4. The highest BCUT2D eigenvalue weighted by molar-refractivity contribution is 7.20. The Morgan fingerprint density at radius 1 is 1.14 bits per heavy atom. The molecule has 0 fully saturated rings. The van der Waals surface area contributed by atoms with E-state index >= 15 is 0 Å². The molecule has 2 aromatic carbocycles. The third-order valence-electron chi connectivity index (χ3n) is 5.69. The monoisotopic (exact) mass is 510 g/mol. The molecule has 2 amide bonds. The number of halogens is 1. The Morgan fingerprint density at radius 2 is 1.89 bits per heavy atom. The summed E-state index contributed by atoms with van der Waals surface area (Å²) in [6.07, 6.45) is 1.33. The number of hydrogen-bond acceptors (Lipinski definition) is 6. The number of ether oxygens (including phenoxy) is 1. The summed E-state index contributed by atoms with van der Waals surface area (Å²) in [5.41, 5.74) is 2.23. The predicted octanol–water partition coefficient (Wildman–Crippen LogP) is 5.19. The largest absolute Gasteiger partial charge is 0.495 e. The molecule has 0 radical (unpaired) electrons. The number of aromatic nitrogens is 2. The molecule has 1 unspecified atom stereocenters. The molecular formula is C25H23ClN4O4S. The maximum atomic E-state index is 13.3. The molecule has 1 atom stereocenters. The summed E-state index contributed by atoms with van der Waals surface area (Å²) < 4.78 is 6.38. The van der Waals surface area contributed by atoms with Gasteiger partial charge in [0.1, 0.15) is 16.6 Å². The fraction of sp³-hybridized carbons (Fsp3) is 0.200. The molecule has 4 aromatic rings. The summed E-state index contributed by atoms with van der Waals surface area (Å²) in [5.74, 6) is -0.244. The van der Waals surface area contributed by atoms with Crippen molar-refractivity contribution in [2.45, 2.75) is 26.8 Å². The summed E-state index contributed by atoms with van der Waals surface area (Å²) in [6, 6.07) is 11.5. The molecular weight excluding hydrogens is 488 g/mol. The molecule has 8 nitrogen and oxygen atoms in total. The molecule has 4 rings (SSSR count). The van der Waals surface area contributed by atoms with Gasteiger partial charge in [-0.25, -0.2) is 4.98 Å². The second kappa shape index (κ2) is 9.89. The molecule has 0 saturated carbocycles. The van der Waals surface area contributed by atoms with Gasteiger partial charge >= 0.3 is 0 Å². The van der Waals surface area contributed by atoms with E-state index in [9.17, 15) is 14.4 Å². The second-order valence-electron chi connectivity index (χ2n) is 7.98. The van der Waals surface area contributed by atoms with Gasteiger partial charge < -0.3 is 15.4 Å². The lowest BCUT2D eigenvalue weighted by atomic mass is 10.1. The quantitative estimate of drug-likeness (QED) is 0.371. The van der Waals surface area contributed by atoms with Crippen molar-refractivity contribution in [3.05, 3.63) is 80.2 Å². The van der Waals surface area contributed by atoms with Crippen molar-refractivity contribution in [3.8, 4) is 5.75 Å². The van der Waals surface area contributed by atoms with Crippen LogP contribution in [0, 0.1) is 13.8 Å². The topological polar surface area (TPSA) is 102 Å². The lowest BCUT2D eigenvalue weighted by Crippen LogP contribution is -2.31. The summed E-state index contributed by atoms with van der Waals surface area (Å²) in [6.45, 7) is 5.21. The van der Waals surface area contributed by atoms with Gasteiger partial charge in [0.2, 0.25) is 5.91 Å². The van der Waals surface area contributed by atoms with Gasteiger partial charge in [0, 0.05) is 11.4 Å². The number of amides is 2. The Balaban J connectivity index is 1.61. The first-order valence-corrected chi connectivity index (χ1v) is 11.9. The summed E-state index contributed by atoms with van der Waals surface area (Å²) in [5, 5.41) is 6.31. The summed E-state index contributed by atoms with van der Waals surface area (Å²) >= 11 is 7.28. The van der Waals surface area contributed by atoms with Crippen LogP contribution < -0.4 is 20.9 Å². The van der Waals surface area contributed by atoms with Crippen molar-refractivity contribution < 1.29 is 14.3 Å². The highest BCUT2D eigenvalue weighted by Crippen LogP contribution is 2.29. The molecule has 0 aliphatic heterocycles. The first-order chi connectivity index (χ1) is 16.7. The number of methoxy groups -OCH3 is 1. The van der Waals surface area contributed by atoms with Crippen molar-refractivity contribution in [1.29, 1.82) is 0 Å². The van der Waals surface area contributed by atoms with Gasteiger partial charge in [0.05, 0.1) is 28.7 Å². The van der Waals surface area contributed by atoms with Crippen LogP contribution in [0.1, 0.15) is 33.8 Å². The number of hydrogen-bond donors (Lipinski definition) is 2. The molecule has 0 aliphatic carbocycles. The van der Waals surface area contributed by atoms with E-state index in [1.807, 2.05) is 31.2 Å². The minimum absolute atomic E-state index is 0.312. The highest BCUT2D eigenvalue weighted by atomic mass is 35.5. The van der Waals surface area contributed by atoms with Gasteiger partial charge in [-0.3, -0.25) is 19.0 Å². The lowest BCUT2D eigenvalue weighted by Gasteiger charge is -2.15. The molecule has 0 spiro atoms. The minimum atomic E-state index is -0.858. The Morgan fingerprint density at radius 3 is 2.57 bits per heavy atom. The SMILES string of the molecule is COc1ccc(NC(=O)C(C)n2cnc3sc(C(=O)Nc4ccccc4C)c(C)c3c2=O)cc1Cl. The van der Waals surface area contributed by atoms with Gasteiger partial charge in [0.15, 0.2) is 0 Å². The van der Waals surface area contributed by atoms with Crippen LogP contribution in [0.2, 0.25) is 5.02 Å². The molecule has 10 heteroatoms. The molecule has 2 aromatic heterocycles. The van der Waals surface area contributed by atoms with E-state index in [2.05, 4.69) is 15.6 Å². The number of benzene rings is 2. The molecule has 2 N–H and O–H groups in total. The number of fused-ring (bicyclic) bond motifs is 1. The number of nitrogens with zero attached hydrogens (tertiary/aromatic N) is 2. The van der Waals surface area contributed by atoms with E-state index in [0.29, 0.717) is 42.8 Å². The Bertz CT molecular complexity index is 1510. The Labute approximate surface area is 210 Å². The van der Waals surface area contributed by atoms with E-state index in [-0.39, 0.29) is 5.91 Å². The third-order valence-corrected chi connectivity index (χ3v) is 7.19. The van der Waals surface area contributed by atoms with Crippen LogP contribution in [0.4, 0.5) is 11.4 Å². The standard InChI is InChI=1S/C25H23ClN4O4S/c1-13-7-5-6-8-18(13)29-23(32)21-14(2)20-24(35-21)27-12-30(25(20)33)15(3)22(31)28-16-9-10-19(34-4)17(26)11-16/h5-12,15H,1-4H3,(H,28,31)(H,29,32). The van der Waals surface area contributed by atoms with Gasteiger partial charge in [-0.1, -0.05) is 29.8 Å². The minimum Gasteiger partial charge on any atom is -0.495 e. The fourth-order valence-electron chi connectivity index (χ4n) is 3.64. The molecule has 0 bridgehead atoms. The summed E-state index contributed by atoms with van der Waals surface area (Å²) in [4.78, 5) is 44.3. The maximum Gasteiger partial charge on any atom is 0.266 e. The fourth-order valence-corrected chi connectivity index (χ4v) is 4.93. The maximum absolute atomic E-state index is 13.3. The van der Waals surface area contributed by atoms with E-state index in [0.717, 1.165) is 16.9 Å². The average Bonchev–Trinajstić information content (AvgIpc) is 3.17. The number of thiophene rings is 1. The average molecular weight is 511 g/mol. The van der Waals surface area contributed by atoms with E-state index in [1.54, 1.807) is 32.0 Å². The van der Waals surface area contributed by atoms with Crippen molar-refractivity contribution >= 4 is 56.3 Å². The van der Waals surface area contributed by atoms with Crippen molar-refractivity contribution in [1.82, 2.24) is 9.55 Å². The number of anilines is 2. The Hall–Kier alpha value is -3.69. The second-order valence-corrected chi connectivity index (χ2v) is 9.38. The first-order valence-electron chi connectivity index (χ1n) is 10.7. The number of aryl methyl sites for hydroxylation is 2. The van der Waals surface area contributed by atoms with Crippen LogP contribution in [-0.2, 0) is 4.79 Å². The Kier molecular flexibility index (Phi) is 6.90. The number of para-hydroxylation sites is 1. The number of rotatable bonds is 6. The van der Waals surface area contributed by atoms with Gasteiger partial charge in [0.25, 0.3) is 11.5 Å². The van der Waals surface area contributed by atoms with Crippen LogP contribution in [0.15, 0.2) is 53.6 Å². The molecule has 180 valence electrons. The van der Waals surface area contributed by atoms with Crippen LogP contribution in [-0.4, -0.2) is 28.5 Å². The van der Waals surface area contributed by atoms with E-state index < -0.39 is 17.5 Å².